The number of furan rings is 1. The Morgan fingerprint density at radius 1 is 1.14 bits per heavy atom. The topological polar surface area (TPSA) is 75.7 Å². The average Bonchev–Trinajstić information content (AvgIpc) is 3.25. The van der Waals surface area contributed by atoms with Gasteiger partial charge in [0.15, 0.2) is 11.2 Å². The van der Waals surface area contributed by atoms with Gasteiger partial charge in [0.05, 0.1) is 17.7 Å². The zero-order chi connectivity index (χ0) is 20.4. The number of hydrogen-bond donors (Lipinski definition) is 1. The number of nitrogens with one attached hydrogen (secondary N) is 1. The smallest absolute Gasteiger partial charge is 0.287 e. The van der Waals surface area contributed by atoms with Crippen LogP contribution >= 0.6 is 0 Å². The molecule has 1 aliphatic rings. The van der Waals surface area contributed by atoms with Crippen LogP contribution in [0.2, 0.25) is 0 Å². The SMILES string of the molecule is Cc1cc2oc(C(=O)NCC(c3ccco3)N3CCCCC3)cc(=O)c2cc1C. The van der Waals surface area contributed by atoms with E-state index in [9.17, 15) is 9.59 Å². The fourth-order valence-corrected chi connectivity index (χ4v) is 3.92. The van der Waals surface area contributed by atoms with E-state index in [1.165, 1.54) is 12.5 Å². The molecule has 0 saturated carbocycles. The molecule has 3 heterocycles. The van der Waals surface area contributed by atoms with Gasteiger partial charge in [-0.25, -0.2) is 0 Å². The number of benzene rings is 1. The van der Waals surface area contributed by atoms with Gasteiger partial charge in [-0.15, -0.1) is 0 Å². The predicted octanol–water partition coefficient (Wildman–Crippen LogP) is 3.96. The highest BCUT2D eigenvalue weighted by Gasteiger charge is 2.25. The zero-order valence-electron chi connectivity index (χ0n) is 16.9. The van der Waals surface area contributed by atoms with Gasteiger partial charge in [0, 0.05) is 12.6 Å². The standard InChI is InChI=1S/C23H26N2O4/c1-15-11-17-19(26)13-22(29-21(17)12-16(15)2)23(27)24-14-18(20-7-6-10-28-20)25-8-4-3-5-9-25/h6-7,10-13,18H,3-5,8-9,14H2,1-2H3,(H,24,27). The third-order valence-corrected chi connectivity index (χ3v) is 5.73. The van der Waals surface area contributed by atoms with Crippen LogP contribution in [0.25, 0.3) is 11.0 Å². The molecular formula is C23H26N2O4. The highest BCUT2D eigenvalue weighted by molar-refractivity contribution is 5.93. The minimum atomic E-state index is -0.393. The number of amides is 1. The highest BCUT2D eigenvalue weighted by Crippen LogP contribution is 2.25. The molecule has 6 nitrogen and oxygen atoms in total. The molecule has 1 atom stereocenters. The van der Waals surface area contributed by atoms with Gasteiger partial charge < -0.3 is 14.2 Å². The first-order chi connectivity index (χ1) is 14.0. The van der Waals surface area contributed by atoms with Crippen molar-refractivity contribution in [2.45, 2.75) is 39.2 Å². The van der Waals surface area contributed by atoms with Crippen molar-refractivity contribution in [3.8, 4) is 0 Å². The van der Waals surface area contributed by atoms with E-state index >= 15 is 0 Å². The van der Waals surface area contributed by atoms with Crippen LogP contribution in [0.3, 0.4) is 0 Å². The van der Waals surface area contributed by atoms with Crippen LogP contribution in [0.5, 0.6) is 0 Å². The molecule has 0 bridgehead atoms. The first-order valence-corrected chi connectivity index (χ1v) is 10.1. The summed E-state index contributed by atoms with van der Waals surface area (Å²) in [6.45, 7) is 6.25. The monoisotopic (exact) mass is 394 g/mol. The van der Waals surface area contributed by atoms with Crippen LogP contribution in [0.15, 0.2) is 50.2 Å². The van der Waals surface area contributed by atoms with E-state index in [2.05, 4.69) is 10.2 Å². The lowest BCUT2D eigenvalue weighted by atomic mass is 10.1. The Hall–Kier alpha value is -2.86. The first kappa shape index (κ1) is 19.5. The van der Waals surface area contributed by atoms with E-state index in [4.69, 9.17) is 8.83 Å². The summed E-state index contributed by atoms with van der Waals surface area (Å²) in [6, 6.07) is 8.65. The lowest BCUT2D eigenvalue weighted by molar-refractivity contribution is 0.0888. The van der Waals surface area contributed by atoms with Crippen molar-refractivity contribution in [2.75, 3.05) is 19.6 Å². The fourth-order valence-electron chi connectivity index (χ4n) is 3.92. The second-order valence-corrected chi connectivity index (χ2v) is 7.75. The van der Waals surface area contributed by atoms with Crippen molar-refractivity contribution in [1.29, 1.82) is 0 Å². The molecule has 0 spiro atoms. The molecule has 3 aromatic rings. The van der Waals surface area contributed by atoms with Crippen LogP contribution in [-0.4, -0.2) is 30.4 Å². The molecule has 1 saturated heterocycles. The number of carbonyl (C=O) groups is 1. The van der Waals surface area contributed by atoms with E-state index in [1.807, 2.05) is 38.1 Å². The van der Waals surface area contributed by atoms with Crippen LogP contribution in [0.4, 0.5) is 0 Å². The van der Waals surface area contributed by atoms with E-state index in [0.29, 0.717) is 17.5 Å². The maximum absolute atomic E-state index is 12.8. The van der Waals surface area contributed by atoms with E-state index < -0.39 is 5.91 Å². The lowest BCUT2D eigenvalue weighted by Gasteiger charge is -2.33. The van der Waals surface area contributed by atoms with Gasteiger partial charge in [-0.1, -0.05) is 6.42 Å². The number of nitrogens with zero attached hydrogens (tertiary/aromatic N) is 1. The van der Waals surface area contributed by atoms with Gasteiger partial charge >= 0.3 is 0 Å². The lowest BCUT2D eigenvalue weighted by Crippen LogP contribution is -2.40. The molecule has 4 rings (SSSR count). The van der Waals surface area contributed by atoms with Crippen LogP contribution < -0.4 is 10.7 Å². The summed E-state index contributed by atoms with van der Waals surface area (Å²) in [5.41, 5.74) is 2.26. The summed E-state index contributed by atoms with van der Waals surface area (Å²) < 4.78 is 11.4. The Balaban J connectivity index is 1.55. The van der Waals surface area contributed by atoms with Crippen molar-refractivity contribution in [1.82, 2.24) is 10.2 Å². The van der Waals surface area contributed by atoms with E-state index in [-0.39, 0.29) is 17.2 Å². The summed E-state index contributed by atoms with van der Waals surface area (Å²) in [7, 11) is 0. The quantitative estimate of drug-likeness (QED) is 0.709. The number of likely N-dealkylation sites (tertiary alicyclic amines) is 1. The summed E-state index contributed by atoms with van der Waals surface area (Å²) in [5.74, 6) is 0.469. The van der Waals surface area contributed by atoms with Gasteiger partial charge in [-0.05, 0) is 75.2 Å². The summed E-state index contributed by atoms with van der Waals surface area (Å²) in [6.07, 6.45) is 5.17. The number of aryl methyl sites for hydroxylation is 2. The number of carbonyl (C=O) groups excluding carboxylic acids is 1. The zero-order valence-corrected chi connectivity index (χ0v) is 16.9. The second kappa shape index (κ2) is 8.25. The maximum atomic E-state index is 12.8. The Morgan fingerprint density at radius 3 is 2.62 bits per heavy atom. The van der Waals surface area contributed by atoms with E-state index in [0.717, 1.165) is 42.8 Å². The molecule has 29 heavy (non-hydrogen) atoms. The Bertz CT molecular complexity index is 1060. The van der Waals surface area contributed by atoms with Gasteiger partial charge in [-0.2, -0.15) is 0 Å². The number of hydrogen-bond acceptors (Lipinski definition) is 5. The number of rotatable bonds is 5. The van der Waals surface area contributed by atoms with Gasteiger partial charge in [0.1, 0.15) is 11.3 Å². The van der Waals surface area contributed by atoms with Gasteiger partial charge in [0.25, 0.3) is 5.91 Å². The van der Waals surface area contributed by atoms with Crippen molar-refractivity contribution in [3.63, 3.8) is 0 Å². The van der Waals surface area contributed by atoms with Crippen LogP contribution in [0.1, 0.15) is 52.7 Å². The Kier molecular flexibility index (Phi) is 5.53. The number of piperidine rings is 1. The van der Waals surface area contributed by atoms with Crippen molar-refractivity contribution in [3.05, 3.63) is 69.5 Å². The molecule has 1 amide bonds. The third-order valence-electron chi connectivity index (χ3n) is 5.73. The molecule has 1 aliphatic heterocycles. The number of fused-ring (bicyclic) bond motifs is 1. The summed E-state index contributed by atoms with van der Waals surface area (Å²) >= 11 is 0. The van der Waals surface area contributed by atoms with Gasteiger partial charge in [0.2, 0.25) is 0 Å². The van der Waals surface area contributed by atoms with Crippen LogP contribution in [0, 0.1) is 13.8 Å². The molecule has 0 radical (unpaired) electrons. The van der Waals surface area contributed by atoms with E-state index in [1.54, 1.807) is 6.26 Å². The minimum Gasteiger partial charge on any atom is -0.468 e. The molecule has 1 aromatic carbocycles. The second-order valence-electron chi connectivity index (χ2n) is 7.75. The van der Waals surface area contributed by atoms with Crippen molar-refractivity contribution < 1.29 is 13.6 Å². The first-order valence-electron chi connectivity index (χ1n) is 10.1. The molecule has 1 fully saturated rings. The normalized spacial score (nSPS) is 16.1. The summed E-state index contributed by atoms with van der Waals surface area (Å²) in [4.78, 5) is 27.6. The molecule has 152 valence electrons. The molecule has 1 unspecified atom stereocenters. The Morgan fingerprint density at radius 2 is 1.90 bits per heavy atom. The molecule has 0 aliphatic carbocycles. The molecular weight excluding hydrogens is 368 g/mol. The largest absolute Gasteiger partial charge is 0.468 e. The van der Waals surface area contributed by atoms with Gasteiger partial charge in [-0.3, -0.25) is 14.5 Å². The highest BCUT2D eigenvalue weighted by atomic mass is 16.3. The van der Waals surface area contributed by atoms with Crippen LogP contribution in [-0.2, 0) is 0 Å². The van der Waals surface area contributed by atoms with Crippen molar-refractivity contribution in [2.24, 2.45) is 0 Å². The van der Waals surface area contributed by atoms with Crippen molar-refractivity contribution >= 4 is 16.9 Å². The molecule has 1 N–H and O–H groups in total. The Labute approximate surface area is 169 Å². The molecule has 6 heteroatoms. The average molecular weight is 394 g/mol. The predicted molar refractivity (Wildman–Crippen MR) is 111 cm³/mol. The third kappa shape index (κ3) is 4.12. The summed E-state index contributed by atoms with van der Waals surface area (Å²) in [5, 5.41) is 3.42. The molecule has 2 aromatic heterocycles. The minimum absolute atomic E-state index is 0.0302. The fraction of sp³-hybridized carbons (Fsp3) is 0.391. The maximum Gasteiger partial charge on any atom is 0.287 e.